The van der Waals surface area contributed by atoms with Crippen molar-refractivity contribution in [2.45, 2.75) is 0 Å². The highest BCUT2D eigenvalue weighted by atomic mass is 32.1. The van der Waals surface area contributed by atoms with E-state index in [1.807, 2.05) is 47.8 Å². The Kier molecular flexibility index (Phi) is 3.33. The molecule has 120 valence electrons. The summed E-state index contributed by atoms with van der Waals surface area (Å²) in [7, 11) is 0. The van der Waals surface area contributed by atoms with Crippen LogP contribution in [0, 0.1) is 0 Å². The number of para-hydroxylation sites is 1. The van der Waals surface area contributed by atoms with Crippen molar-refractivity contribution in [2.75, 3.05) is 0 Å². The monoisotopic (exact) mass is 359 g/mol. The van der Waals surface area contributed by atoms with Crippen LogP contribution in [0.2, 0.25) is 0 Å². The maximum absolute atomic E-state index is 13.1. The van der Waals surface area contributed by atoms with Crippen LogP contribution in [0.25, 0.3) is 32.2 Å². The summed E-state index contributed by atoms with van der Waals surface area (Å²) in [6.07, 6.45) is 0. The fraction of sp³-hybridized carbons (Fsp3) is 0. The number of ketones is 1. The van der Waals surface area contributed by atoms with Gasteiger partial charge in [0.1, 0.15) is 4.83 Å². The SMILES string of the molecule is O=C(c1cccs1)c1sc2[nH]c3ccccc3c2c1-c1ccccc1. The van der Waals surface area contributed by atoms with E-state index >= 15 is 0 Å². The lowest BCUT2D eigenvalue weighted by Crippen LogP contribution is -1.97. The quantitative estimate of drug-likeness (QED) is 0.374. The molecule has 3 aromatic heterocycles. The van der Waals surface area contributed by atoms with Crippen molar-refractivity contribution >= 4 is 49.6 Å². The summed E-state index contributed by atoms with van der Waals surface area (Å²) in [5.74, 6) is 0.104. The van der Waals surface area contributed by atoms with E-state index in [1.54, 1.807) is 11.3 Å². The summed E-state index contributed by atoms with van der Waals surface area (Å²) in [5.41, 5.74) is 3.23. The van der Waals surface area contributed by atoms with Gasteiger partial charge in [0.25, 0.3) is 0 Å². The predicted molar refractivity (Wildman–Crippen MR) is 107 cm³/mol. The number of hydrogen-bond donors (Lipinski definition) is 1. The van der Waals surface area contributed by atoms with Gasteiger partial charge in [0, 0.05) is 21.9 Å². The number of fused-ring (bicyclic) bond motifs is 3. The van der Waals surface area contributed by atoms with Crippen LogP contribution in [-0.2, 0) is 0 Å². The average molecular weight is 359 g/mol. The third-order valence-electron chi connectivity index (χ3n) is 4.37. The van der Waals surface area contributed by atoms with E-state index in [0.29, 0.717) is 0 Å². The Hall–Kier alpha value is -2.69. The second kappa shape index (κ2) is 5.69. The Labute approximate surface area is 152 Å². The first-order chi connectivity index (χ1) is 12.3. The lowest BCUT2D eigenvalue weighted by atomic mass is 10.00. The Morgan fingerprint density at radius 1 is 0.880 bits per heavy atom. The molecule has 0 saturated heterocycles. The number of carbonyl (C=O) groups is 1. The molecule has 0 aliphatic carbocycles. The van der Waals surface area contributed by atoms with Gasteiger partial charge in [0.2, 0.25) is 5.78 Å². The van der Waals surface area contributed by atoms with E-state index in [0.717, 1.165) is 42.0 Å². The molecule has 2 aromatic carbocycles. The molecule has 0 aliphatic heterocycles. The van der Waals surface area contributed by atoms with Crippen LogP contribution in [0.5, 0.6) is 0 Å². The van der Waals surface area contributed by atoms with E-state index in [4.69, 9.17) is 0 Å². The fourth-order valence-electron chi connectivity index (χ4n) is 3.27. The van der Waals surface area contributed by atoms with E-state index in [-0.39, 0.29) is 5.78 Å². The maximum atomic E-state index is 13.1. The third-order valence-corrected chi connectivity index (χ3v) is 6.34. The van der Waals surface area contributed by atoms with Gasteiger partial charge in [-0.2, -0.15) is 0 Å². The highest BCUT2D eigenvalue weighted by Crippen LogP contribution is 2.43. The van der Waals surface area contributed by atoms with Gasteiger partial charge in [0.05, 0.1) is 9.75 Å². The third kappa shape index (κ3) is 2.26. The largest absolute Gasteiger partial charge is 0.346 e. The molecule has 0 saturated carbocycles. The van der Waals surface area contributed by atoms with E-state index < -0.39 is 0 Å². The van der Waals surface area contributed by atoms with Gasteiger partial charge in [-0.05, 0) is 23.1 Å². The van der Waals surface area contributed by atoms with Crippen molar-refractivity contribution in [3.8, 4) is 11.1 Å². The van der Waals surface area contributed by atoms with Gasteiger partial charge in [-0.3, -0.25) is 4.79 Å². The molecule has 0 unspecified atom stereocenters. The highest BCUT2D eigenvalue weighted by molar-refractivity contribution is 7.22. The molecule has 4 heteroatoms. The predicted octanol–water partition coefficient (Wildman–Crippen LogP) is 6.34. The summed E-state index contributed by atoms with van der Waals surface area (Å²) in [6, 6.07) is 22.3. The summed E-state index contributed by atoms with van der Waals surface area (Å²) in [4.78, 5) is 19.2. The van der Waals surface area contributed by atoms with Crippen LogP contribution in [0.15, 0.2) is 72.1 Å². The van der Waals surface area contributed by atoms with Crippen LogP contribution in [0.3, 0.4) is 0 Å². The average Bonchev–Trinajstić information content (AvgIpc) is 3.37. The molecule has 0 spiro atoms. The molecule has 3 heterocycles. The summed E-state index contributed by atoms with van der Waals surface area (Å²) < 4.78 is 0. The van der Waals surface area contributed by atoms with Crippen LogP contribution < -0.4 is 0 Å². The van der Waals surface area contributed by atoms with E-state index in [9.17, 15) is 4.79 Å². The molecule has 25 heavy (non-hydrogen) atoms. The van der Waals surface area contributed by atoms with Gasteiger partial charge in [0.15, 0.2) is 0 Å². The van der Waals surface area contributed by atoms with Crippen molar-refractivity contribution in [2.24, 2.45) is 0 Å². The zero-order valence-corrected chi connectivity index (χ0v) is 14.8. The summed E-state index contributed by atoms with van der Waals surface area (Å²) >= 11 is 3.05. The van der Waals surface area contributed by atoms with E-state index in [1.165, 1.54) is 11.3 Å². The lowest BCUT2D eigenvalue weighted by Gasteiger charge is -2.04. The van der Waals surface area contributed by atoms with Crippen molar-refractivity contribution in [3.63, 3.8) is 0 Å². The molecule has 0 bridgehead atoms. The number of nitrogens with one attached hydrogen (secondary N) is 1. The Bertz CT molecular complexity index is 1200. The van der Waals surface area contributed by atoms with Crippen molar-refractivity contribution in [1.82, 2.24) is 4.98 Å². The normalized spacial score (nSPS) is 11.4. The number of carbonyl (C=O) groups excluding carboxylic acids is 1. The first-order valence-corrected chi connectivity index (χ1v) is 9.69. The molecular weight excluding hydrogens is 346 g/mol. The van der Waals surface area contributed by atoms with Crippen LogP contribution in [0.1, 0.15) is 14.5 Å². The maximum Gasteiger partial charge on any atom is 0.213 e. The van der Waals surface area contributed by atoms with Crippen molar-refractivity contribution in [1.29, 1.82) is 0 Å². The lowest BCUT2D eigenvalue weighted by molar-refractivity contribution is 0.104. The minimum atomic E-state index is 0.104. The number of aromatic nitrogens is 1. The summed E-state index contributed by atoms with van der Waals surface area (Å²) in [6.45, 7) is 0. The first kappa shape index (κ1) is 14.6. The highest BCUT2D eigenvalue weighted by Gasteiger charge is 2.24. The molecule has 0 amide bonds. The number of rotatable bonds is 3. The molecule has 0 radical (unpaired) electrons. The zero-order valence-electron chi connectivity index (χ0n) is 13.2. The molecule has 2 nitrogen and oxygen atoms in total. The number of benzene rings is 2. The molecule has 5 rings (SSSR count). The molecule has 0 fully saturated rings. The van der Waals surface area contributed by atoms with Crippen molar-refractivity contribution in [3.05, 3.63) is 81.9 Å². The van der Waals surface area contributed by atoms with Crippen LogP contribution in [-0.4, -0.2) is 10.8 Å². The van der Waals surface area contributed by atoms with Gasteiger partial charge in [-0.25, -0.2) is 0 Å². The zero-order chi connectivity index (χ0) is 16.8. The van der Waals surface area contributed by atoms with Crippen molar-refractivity contribution < 1.29 is 4.79 Å². The molecule has 5 aromatic rings. The molecule has 1 N–H and O–H groups in total. The topological polar surface area (TPSA) is 32.9 Å². The molecule has 0 atom stereocenters. The van der Waals surface area contributed by atoms with Gasteiger partial charge < -0.3 is 4.98 Å². The Morgan fingerprint density at radius 2 is 1.68 bits per heavy atom. The minimum absolute atomic E-state index is 0.104. The summed E-state index contributed by atoms with van der Waals surface area (Å²) in [5, 5.41) is 4.26. The second-order valence-corrected chi connectivity index (χ2v) is 7.82. The number of thiophene rings is 2. The smallest absolute Gasteiger partial charge is 0.213 e. The van der Waals surface area contributed by atoms with Crippen LogP contribution >= 0.6 is 22.7 Å². The minimum Gasteiger partial charge on any atom is -0.346 e. The fourth-order valence-corrected chi connectivity index (χ4v) is 5.21. The molecule has 0 aliphatic rings. The van der Waals surface area contributed by atoms with Gasteiger partial charge in [-0.1, -0.05) is 54.6 Å². The second-order valence-electron chi connectivity index (χ2n) is 5.85. The molecular formula is C21H13NOS2. The van der Waals surface area contributed by atoms with Gasteiger partial charge in [-0.15, -0.1) is 22.7 Å². The Morgan fingerprint density at radius 3 is 2.48 bits per heavy atom. The number of H-pyrrole nitrogens is 1. The van der Waals surface area contributed by atoms with E-state index in [2.05, 4.69) is 29.2 Å². The van der Waals surface area contributed by atoms with Gasteiger partial charge >= 0.3 is 0 Å². The Balaban J connectivity index is 1.87. The number of hydrogen-bond acceptors (Lipinski definition) is 3. The standard InChI is InChI=1S/C21H13NOS2/c23-19(16-11-6-12-24-16)20-17(13-7-2-1-3-8-13)18-14-9-4-5-10-15(14)22-21(18)25-20/h1-12,22H. The first-order valence-electron chi connectivity index (χ1n) is 8.00. The number of aromatic amines is 1. The van der Waals surface area contributed by atoms with Crippen LogP contribution in [0.4, 0.5) is 0 Å².